The van der Waals surface area contributed by atoms with Crippen molar-refractivity contribution in [3.8, 4) is 11.3 Å². The summed E-state index contributed by atoms with van der Waals surface area (Å²) in [7, 11) is 0. The molecule has 4 nitrogen and oxygen atoms in total. The Kier molecular flexibility index (Phi) is 4.47. The predicted octanol–water partition coefficient (Wildman–Crippen LogP) is 5.68. The summed E-state index contributed by atoms with van der Waals surface area (Å²) in [6.07, 6.45) is 3.64. The van der Waals surface area contributed by atoms with Crippen LogP contribution in [0.3, 0.4) is 0 Å². The van der Waals surface area contributed by atoms with Crippen molar-refractivity contribution in [3.05, 3.63) is 71.4 Å². The normalized spacial score (nSPS) is 18.1. The zero-order chi connectivity index (χ0) is 18.1. The van der Waals surface area contributed by atoms with Crippen molar-refractivity contribution in [3.63, 3.8) is 0 Å². The van der Waals surface area contributed by atoms with Crippen molar-refractivity contribution in [2.75, 3.05) is 6.54 Å². The SMILES string of the molecule is c1ccc(-c2cc(CN3CCCC[C@H]3c3nc4ccccc4s3)no2)cc1. The quantitative estimate of drug-likeness (QED) is 0.460. The van der Waals surface area contributed by atoms with E-state index in [1.165, 1.54) is 22.5 Å². The van der Waals surface area contributed by atoms with Gasteiger partial charge in [-0.25, -0.2) is 4.98 Å². The van der Waals surface area contributed by atoms with Crippen LogP contribution in [0, 0.1) is 0 Å². The fourth-order valence-corrected chi connectivity index (χ4v) is 4.96. The largest absolute Gasteiger partial charge is 0.356 e. The van der Waals surface area contributed by atoms with Gasteiger partial charge in [0.25, 0.3) is 0 Å². The number of benzene rings is 2. The lowest BCUT2D eigenvalue weighted by molar-refractivity contribution is 0.137. The molecule has 5 rings (SSSR count). The molecule has 1 aliphatic rings. The highest BCUT2D eigenvalue weighted by Gasteiger charge is 2.27. The molecular weight excluding hydrogens is 354 g/mol. The lowest BCUT2D eigenvalue weighted by atomic mass is 10.0. The molecule has 0 saturated carbocycles. The Morgan fingerprint density at radius 3 is 2.78 bits per heavy atom. The molecule has 2 aromatic heterocycles. The van der Waals surface area contributed by atoms with Crippen molar-refractivity contribution in [1.29, 1.82) is 0 Å². The Hall–Kier alpha value is -2.50. The van der Waals surface area contributed by atoms with Gasteiger partial charge in [-0.2, -0.15) is 0 Å². The van der Waals surface area contributed by atoms with Gasteiger partial charge >= 0.3 is 0 Å². The number of piperidine rings is 1. The summed E-state index contributed by atoms with van der Waals surface area (Å²) in [5.74, 6) is 0.833. The van der Waals surface area contributed by atoms with Gasteiger partial charge in [-0.05, 0) is 31.5 Å². The summed E-state index contributed by atoms with van der Waals surface area (Å²) in [4.78, 5) is 7.42. The minimum atomic E-state index is 0.369. The van der Waals surface area contributed by atoms with E-state index in [0.717, 1.165) is 42.0 Å². The van der Waals surface area contributed by atoms with E-state index in [1.54, 1.807) is 0 Å². The predicted molar refractivity (Wildman–Crippen MR) is 109 cm³/mol. The summed E-state index contributed by atoms with van der Waals surface area (Å²) >= 11 is 1.82. The number of thiazole rings is 1. The van der Waals surface area contributed by atoms with E-state index in [0.29, 0.717) is 6.04 Å². The molecule has 0 spiro atoms. The highest BCUT2D eigenvalue weighted by Crippen LogP contribution is 2.36. The van der Waals surface area contributed by atoms with E-state index >= 15 is 0 Å². The lowest BCUT2D eigenvalue weighted by Gasteiger charge is -2.33. The second-order valence-electron chi connectivity index (χ2n) is 7.05. The number of aromatic nitrogens is 2. The molecule has 0 N–H and O–H groups in total. The number of nitrogens with zero attached hydrogens (tertiary/aromatic N) is 3. The molecule has 0 aliphatic carbocycles. The molecule has 0 unspecified atom stereocenters. The van der Waals surface area contributed by atoms with Gasteiger partial charge in [-0.3, -0.25) is 4.90 Å². The molecular formula is C22H21N3OS. The third-order valence-electron chi connectivity index (χ3n) is 5.19. The molecule has 1 aliphatic heterocycles. The van der Waals surface area contributed by atoms with E-state index in [2.05, 4.69) is 52.5 Å². The molecule has 2 aromatic carbocycles. The van der Waals surface area contributed by atoms with Crippen LogP contribution in [0.25, 0.3) is 21.5 Å². The molecule has 1 fully saturated rings. The summed E-state index contributed by atoms with van der Waals surface area (Å²) in [6, 6.07) is 21.0. The van der Waals surface area contributed by atoms with E-state index in [-0.39, 0.29) is 0 Å². The topological polar surface area (TPSA) is 42.2 Å². The fraction of sp³-hybridized carbons (Fsp3) is 0.273. The molecule has 1 atom stereocenters. The van der Waals surface area contributed by atoms with Crippen LogP contribution in [0.2, 0.25) is 0 Å². The zero-order valence-corrected chi connectivity index (χ0v) is 15.9. The Bertz CT molecular complexity index is 1010. The van der Waals surface area contributed by atoms with E-state index in [1.807, 2.05) is 29.5 Å². The molecule has 1 saturated heterocycles. The van der Waals surface area contributed by atoms with Crippen LogP contribution in [-0.2, 0) is 6.54 Å². The first kappa shape index (κ1) is 16.7. The minimum absolute atomic E-state index is 0.369. The molecule has 0 bridgehead atoms. The van der Waals surface area contributed by atoms with E-state index in [4.69, 9.17) is 9.51 Å². The van der Waals surface area contributed by atoms with Crippen molar-refractivity contribution in [2.45, 2.75) is 31.8 Å². The number of hydrogen-bond donors (Lipinski definition) is 0. The molecule has 136 valence electrons. The molecule has 0 radical (unpaired) electrons. The fourth-order valence-electron chi connectivity index (χ4n) is 3.83. The maximum atomic E-state index is 5.59. The smallest absolute Gasteiger partial charge is 0.167 e. The lowest BCUT2D eigenvalue weighted by Crippen LogP contribution is -2.32. The number of hydrogen-bond acceptors (Lipinski definition) is 5. The third kappa shape index (κ3) is 3.40. The van der Waals surface area contributed by atoms with Gasteiger partial charge in [0.05, 0.1) is 22.0 Å². The van der Waals surface area contributed by atoms with Gasteiger partial charge in [0, 0.05) is 18.2 Å². The molecule has 0 amide bonds. The molecule has 4 aromatic rings. The van der Waals surface area contributed by atoms with Crippen LogP contribution in [0.15, 0.2) is 65.2 Å². The molecule has 5 heteroatoms. The van der Waals surface area contributed by atoms with E-state index < -0.39 is 0 Å². The van der Waals surface area contributed by atoms with Crippen molar-refractivity contribution in [1.82, 2.24) is 15.0 Å². The van der Waals surface area contributed by atoms with Gasteiger partial charge in [0.1, 0.15) is 5.01 Å². The average molecular weight is 375 g/mol. The first-order valence-electron chi connectivity index (χ1n) is 9.47. The summed E-state index contributed by atoms with van der Waals surface area (Å²) in [5.41, 5.74) is 3.16. The Morgan fingerprint density at radius 2 is 1.89 bits per heavy atom. The number of fused-ring (bicyclic) bond motifs is 1. The first-order chi connectivity index (χ1) is 13.4. The van der Waals surface area contributed by atoms with Crippen molar-refractivity contribution >= 4 is 21.6 Å². The van der Waals surface area contributed by atoms with Gasteiger partial charge in [0.15, 0.2) is 5.76 Å². The number of likely N-dealkylation sites (tertiary alicyclic amines) is 1. The van der Waals surface area contributed by atoms with Crippen molar-refractivity contribution in [2.24, 2.45) is 0 Å². The standard InChI is InChI=1S/C22H21N3OS/c1-2-8-16(9-3-1)20-14-17(24-26-20)15-25-13-7-6-11-19(25)22-23-18-10-4-5-12-21(18)27-22/h1-5,8-10,12,14,19H,6-7,11,13,15H2/t19-/m0/s1. The maximum Gasteiger partial charge on any atom is 0.167 e. The van der Waals surface area contributed by atoms with Crippen LogP contribution < -0.4 is 0 Å². The van der Waals surface area contributed by atoms with Crippen molar-refractivity contribution < 1.29 is 4.52 Å². The number of para-hydroxylation sites is 1. The second kappa shape index (κ2) is 7.25. The van der Waals surface area contributed by atoms with Gasteiger partial charge < -0.3 is 4.52 Å². The minimum Gasteiger partial charge on any atom is -0.356 e. The first-order valence-corrected chi connectivity index (χ1v) is 10.3. The third-order valence-corrected chi connectivity index (χ3v) is 6.33. The van der Waals surface area contributed by atoms with Gasteiger partial charge in [0.2, 0.25) is 0 Å². The maximum absolute atomic E-state index is 5.59. The van der Waals surface area contributed by atoms with Gasteiger partial charge in [-0.1, -0.05) is 54.0 Å². The van der Waals surface area contributed by atoms with Crippen LogP contribution in [0.4, 0.5) is 0 Å². The Morgan fingerprint density at radius 1 is 1.04 bits per heavy atom. The Balaban J connectivity index is 1.39. The van der Waals surface area contributed by atoms with E-state index in [9.17, 15) is 0 Å². The highest BCUT2D eigenvalue weighted by atomic mass is 32.1. The molecule has 27 heavy (non-hydrogen) atoms. The average Bonchev–Trinajstić information content (AvgIpc) is 3.36. The summed E-state index contributed by atoms with van der Waals surface area (Å²) < 4.78 is 6.86. The summed E-state index contributed by atoms with van der Waals surface area (Å²) in [5, 5.41) is 5.55. The highest BCUT2D eigenvalue weighted by molar-refractivity contribution is 7.18. The molecule has 3 heterocycles. The number of rotatable bonds is 4. The van der Waals surface area contributed by atoms with Crippen LogP contribution >= 0.6 is 11.3 Å². The zero-order valence-electron chi connectivity index (χ0n) is 15.0. The summed E-state index contributed by atoms with van der Waals surface area (Å²) in [6.45, 7) is 1.88. The second-order valence-corrected chi connectivity index (χ2v) is 8.11. The Labute approximate surface area is 162 Å². The van der Waals surface area contributed by atoms with Crippen LogP contribution in [-0.4, -0.2) is 21.6 Å². The van der Waals surface area contributed by atoms with Crippen LogP contribution in [0.5, 0.6) is 0 Å². The van der Waals surface area contributed by atoms with Crippen LogP contribution in [0.1, 0.15) is 36.0 Å². The van der Waals surface area contributed by atoms with Gasteiger partial charge in [-0.15, -0.1) is 11.3 Å². The monoisotopic (exact) mass is 375 g/mol.